The lowest BCUT2D eigenvalue weighted by Gasteiger charge is -2.33. The fourth-order valence-corrected chi connectivity index (χ4v) is 3.20. The summed E-state index contributed by atoms with van der Waals surface area (Å²) in [6.45, 7) is 2.07. The minimum absolute atomic E-state index is 0.475. The molecule has 0 fully saturated rings. The normalized spacial score (nSPS) is 15.0. The Bertz CT molecular complexity index is 670. The van der Waals surface area contributed by atoms with Crippen molar-refractivity contribution in [3.63, 3.8) is 0 Å². The van der Waals surface area contributed by atoms with Gasteiger partial charge in [-0.3, -0.25) is 0 Å². The minimum Gasteiger partial charge on any atom is -0.461 e. The van der Waals surface area contributed by atoms with Gasteiger partial charge < -0.3 is 4.74 Å². The van der Waals surface area contributed by atoms with Gasteiger partial charge in [0.25, 0.3) is 5.67 Å². The van der Waals surface area contributed by atoms with E-state index >= 15 is 0 Å². The van der Waals surface area contributed by atoms with Crippen LogP contribution in [0.4, 0.5) is 43.9 Å². The number of rotatable bonds is 11. The number of carbonyl (C=O) groups excluding carboxylic acids is 1. The lowest BCUT2D eigenvalue weighted by atomic mass is 9.87. The summed E-state index contributed by atoms with van der Waals surface area (Å²) in [5.41, 5.74) is -6.12. The van der Waals surface area contributed by atoms with Gasteiger partial charge in [-0.2, -0.15) is 39.5 Å². The average Bonchev–Trinajstić information content (AvgIpc) is 2.54. The van der Waals surface area contributed by atoms with Gasteiger partial charge in [0.05, 0.1) is 11.7 Å². The molecule has 0 aliphatic rings. The number of esters is 1. The van der Waals surface area contributed by atoms with Crippen LogP contribution in [0.3, 0.4) is 0 Å². The zero-order valence-corrected chi connectivity index (χ0v) is 15.7. The van der Waals surface area contributed by atoms with E-state index < -0.39 is 84.3 Å². The molecular formula is C14H17F10NO4S. The molecule has 16 heteroatoms. The summed E-state index contributed by atoms with van der Waals surface area (Å²) < 4.78 is 157. The van der Waals surface area contributed by atoms with Crippen molar-refractivity contribution in [1.29, 1.82) is 0 Å². The quantitative estimate of drug-likeness (QED) is 0.209. The highest BCUT2D eigenvalue weighted by molar-refractivity contribution is 7.89. The molecule has 1 unspecified atom stereocenters. The minimum atomic E-state index is -6.66. The van der Waals surface area contributed by atoms with Crippen LogP contribution < -0.4 is 4.72 Å². The predicted octanol–water partition coefficient (Wildman–Crippen LogP) is 3.82. The van der Waals surface area contributed by atoms with Crippen molar-refractivity contribution in [2.45, 2.75) is 43.5 Å². The first kappa shape index (κ1) is 28.4. The van der Waals surface area contributed by atoms with Crippen LogP contribution in [0.1, 0.15) is 19.3 Å². The second-order valence-corrected chi connectivity index (χ2v) is 7.89. The lowest BCUT2D eigenvalue weighted by molar-refractivity contribution is -0.352. The highest BCUT2D eigenvalue weighted by atomic mass is 32.2. The van der Waals surface area contributed by atoms with Crippen molar-refractivity contribution in [3.05, 3.63) is 12.7 Å². The summed E-state index contributed by atoms with van der Waals surface area (Å²) >= 11 is 0. The van der Waals surface area contributed by atoms with E-state index in [0.29, 0.717) is 0 Å². The van der Waals surface area contributed by atoms with Gasteiger partial charge in [0.2, 0.25) is 10.0 Å². The molecule has 0 spiro atoms. The Hall–Kier alpha value is -1.58. The number of hydrogen-bond donors (Lipinski definition) is 1. The Balaban J connectivity index is 5.07. The van der Waals surface area contributed by atoms with Gasteiger partial charge in [-0.1, -0.05) is 6.58 Å². The number of sulfonamides is 1. The van der Waals surface area contributed by atoms with Crippen molar-refractivity contribution in [2.75, 3.05) is 18.9 Å². The number of hydrogen-bond acceptors (Lipinski definition) is 4. The zero-order chi connectivity index (χ0) is 24.0. The topological polar surface area (TPSA) is 72.5 Å². The molecule has 0 heterocycles. The Morgan fingerprint density at radius 1 is 1.00 bits per heavy atom. The van der Waals surface area contributed by atoms with E-state index in [2.05, 4.69) is 11.3 Å². The highest BCUT2D eigenvalue weighted by Crippen LogP contribution is 2.52. The fourth-order valence-electron chi connectivity index (χ4n) is 2.11. The van der Waals surface area contributed by atoms with E-state index in [4.69, 9.17) is 0 Å². The highest BCUT2D eigenvalue weighted by Gasteiger charge is 2.73. The molecule has 0 rings (SSSR count). The molecular weight excluding hydrogens is 468 g/mol. The molecule has 1 N–H and O–H groups in total. The van der Waals surface area contributed by atoms with Crippen LogP contribution in [0.25, 0.3) is 0 Å². The largest absolute Gasteiger partial charge is 0.461 e. The van der Waals surface area contributed by atoms with Gasteiger partial charge in [0.15, 0.2) is 0 Å². The number of ether oxygens (including phenoxy) is 1. The van der Waals surface area contributed by atoms with Crippen LogP contribution in [-0.2, 0) is 19.6 Å². The Morgan fingerprint density at radius 3 is 1.90 bits per heavy atom. The number of alkyl halides is 10. The maximum absolute atomic E-state index is 13.6. The van der Waals surface area contributed by atoms with Crippen molar-refractivity contribution in [3.8, 4) is 0 Å². The number of halogens is 10. The lowest BCUT2D eigenvalue weighted by Crippen LogP contribution is -2.55. The van der Waals surface area contributed by atoms with Crippen LogP contribution in [0.15, 0.2) is 12.7 Å². The molecule has 0 bridgehead atoms. The number of carbonyl (C=O) groups is 1. The first-order chi connectivity index (χ1) is 13.3. The van der Waals surface area contributed by atoms with Crippen LogP contribution in [-0.4, -0.2) is 57.5 Å². The number of nitrogens with one attached hydrogen (secondary N) is 1. The van der Waals surface area contributed by atoms with Gasteiger partial charge in [0.1, 0.15) is 6.61 Å². The fraction of sp³-hybridized carbons (Fsp3) is 0.786. The molecule has 178 valence electrons. The van der Waals surface area contributed by atoms with Gasteiger partial charge in [-0.05, 0) is 12.8 Å². The summed E-state index contributed by atoms with van der Waals surface area (Å²) in [6, 6.07) is 0. The van der Waals surface area contributed by atoms with Crippen molar-refractivity contribution in [2.24, 2.45) is 5.92 Å². The van der Waals surface area contributed by atoms with Crippen LogP contribution in [0, 0.1) is 5.92 Å². The molecule has 0 radical (unpaired) electrons. The molecule has 5 nitrogen and oxygen atoms in total. The molecule has 0 aromatic heterocycles. The van der Waals surface area contributed by atoms with Gasteiger partial charge >= 0.3 is 24.5 Å². The summed E-state index contributed by atoms with van der Waals surface area (Å²) in [5.74, 6) is -5.41. The van der Waals surface area contributed by atoms with E-state index in [-0.39, 0.29) is 0 Å². The molecule has 30 heavy (non-hydrogen) atoms. The van der Waals surface area contributed by atoms with E-state index in [0.717, 1.165) is 6.08 Å². The summed E-state index contributed by atoms with van der Waals surface area (Å²) in [5, 5.41) is 0. The van der Waals surface area contributed by atoms with E-state index in [9.17, 15) is 57.1 Å². The summed E-state index contributed by atoms with van der Waals surface area (Å²) in [4.78, 5) is 10.7. The van der Waals surface area contributed by atoms with Crippen molar-refractivity contribution >= 4 is 16.0 Å². The van der Waals surface area contributed by atoms with E-state index in [1.54, 1.807) is 4.72 Å². The summed E-state index contributed by atoms with van der Waals surface area (Å²) in [6.07, 6.45) is -23.7. The first-order valence-corrected chi connectivity index (χ1v) is 9.57. The van der Waals surface area contributed by atoms with E-state index in [1.807, 2.05) is 0 Å². The maximum atomic E-state index is 13.6. The Morgan fingerprint density at radius 2 is 1.50 bits per heavy atom. The van der Waals surface area contributed by atoms with Crippen molar-refractivity contribution < 1.29 is 61.9 Å². The van der Waals surface area contributed by atoms with Gasteiger partial charge in [-0.25, -0.2) is 22.3 Å². The first-order valence-electron chi connectivity index (χ1n) is 7.92. The molecule has 0 saturated heterocycles. The van der Waals surface area contributed by atoms with Gasteiger partial charge in [-0.15, -0.1) is 0 Å². The smallest absolute Gasteiger partial charge is 0.431 e. The van der Waals surface area contributed by atoms with Crippen LogP contribution >= 0.6 is 0 Å². The molecule has 0 saturated carbocycles. The zero-order valence-electron chi connectivity index (χ0n) is 14.9. The monoisotopic (exact) mass is 485 g/mol. The average molecular weight is 485 g/mol. The second-order valence-electron chi connectivity index (χ2n) is 5.97. The second kappa shape index (κ2) is 10.2. The maximum Gasteiger partial charge on any atom is 0.431 e. The molecule has 0 aliphatic carbocycles. The van der Waals surface area contributed by atoms with Crippen LogP contribution in [0.2, 0.25) is 0 Å². The van der Waals surface area contributed by atoms with Crippen molar-refractivity contribution in [1.82, 2.24) is 4.72 Å². The van der Waals surface area contributed by atoms with Crippen LogP contribution in [0.5, 0.6) is 0 Å². The standard InChI is InChI=1S/C14H17F10NO4S/c1-2-10(26)29-6-5-25-30(27,28)7-3-4-9(12(16,17)18)8-11(15,13(19,20)21)14(22,23)24/h2,9,25H,1,3-8H2. The third kappa shape index (κ3) is 8.65. The Kier molecular flexibility index (Phi) is 9.62. The molecule has 0 aromatic rings. The molecule has 0 aliphatic heterocycles. The van der Waals surface area contributed by atoms with Gasteiger partial charge in [0, 0.05) is 19.0 Å². The molecule has 0 aromatic carbocycles. The third-order valence-electron chi connectivity index (χ3n) is 3.69. The SMILES string of the molecule is C=CC(=O)OCCNS(=O)(=O)CCCC(CC(F)(C(F)(F)F)C(F)(F)F)C(F)(F)F. The van der Waals surface area contributed by atoms with E-state index in [1.165, 1.54) is 0 Å². The molecule has 1 atom stereocenters. The third-order valence-corrected chi connectivity index (χ3v) is 5.16. The Labute approximate surface area is 164 Å². The molecule has 0 amide bonds. The summed E-state index contributed by atoms with van der Waals surface area (Å²) in [7, 11) is -4.30. The predicted molar refractivity (Wildman–Crippen MR) is 82.3 cm³/mol.